The molecule has 0 unspecified atom stereocenters. The van der Waals surface area contributed by atoms with Gasteiger partial charge in [0, 0.05) is 11.1 Å². The monoisotopic (exact) mass is 503 g/mol. The number of sulfone groups is 1. The molecule has 180 valence electrons. The molecule has 0 spiro atoms. The summed E-state index contributed by atoms with van der Waals surface area (Å²) in [6, 6.07) is 7.22. The fourth-order valence-electron chi connectivity index (χ4n) is 3.58. The third kappa shape index (κ3) is 4.65. The van der Waals surface area contributed by atoms with Gasteiger partial charge in [0.2, 0.25) is 0 Å². The topological polar surface area (TPSA) is 81.1 Å². The minimum atomic E-state index is -5.13. The number of nitrogens with one attached hydrogen (secondary N) is 1. The smallest absolute Gasteiger partial charge is 0.306 e. The zero-order valence-electron chi connectivity index (χ0n) is 17.3. The first-order chi connectivity index (χ1) is 15.6. The van der Waals surface area contributed by atoms with Gasteiger partial charge in [0.15, 0.2) is 9.84 Å². The predicted molar refractivity (Wildman–Crippen MR) is 109 cm³/mol. The van der Waals surface area contributed by atoms with Gasteiger partial charge in [-0.1, -0.05) is 12.1 Å². The summed E-state index contributed by atoms with van der Waals surface area (Å²) >= 11 is 0. The van der Waals surface area contributed by atoms with Gasteiger partial charge >= 0.3 is 12.4 Å². The van der Waals surface area contributed by atoms with Crippen LogP contribution < -0.4 is 5.32 Å². The van der Waals surface area contributed by atoms with E-state index in [9.17, 15) is 39.6 Å². The molecule has 0 fully saturated rings. The molecule has 2 aromatic carbocycles. The van der Waals surface area contributed by atoms with E-state index in [0.717, 1.165) is 5.56 Å². The lowest BCUT2D eigenvalue weighted by Gasteiger charge is -2.15. The van der Waals surface area contributed by atoms with Crippen molar-refractivity contribution in [2.24, 2.45) is 0 Å². The zero-order valence-corrected chi connectivity index (χ0v) is 18.1. The number of aromatic nitrogens is 2. The van der Waals surface area contributed by atoms with Crippen molar-refractivity contribution >= 4 is 21.6 Å². The number of rotatable bonds is 3. The highest BCUT2D eigenvalue weighted by molar-refractivity contribution is 7.90. The molecule has 1 N–H and O–H groups in total. The summed E-state index contributed by atoms with van der Waals surface area (Å²) < 4.78 is 104. The maximum Gasteiger partial charge on any atom is 0.416 e. The van der Waals surface area contributed by atoms with Crippen LogP contribution in [0.1, 0.15) is 38.3 Å². The predicted octanol–water partition coefficient (Wildman–Crippen LogP) is 4.90. The Hall–Kier alpha value is -3.35. The number of aryl methyl sites for hydroxylation is 1. The van der Waals surface area contributed by atoms with Gasteiger partial charge in [-0.25, -0.2) is 13.1 Å². The van der Waals surface area contributed by atoms with Crippen LogP contribution >= 0.6 is 0 Å². The average molecular weight is 503 g/mol. The second-order valence-corrected chi connectivity index (χ2v) is 9.87. The number of alkyl halides is 6. The summed E-state index contributed by atoms with van der Waals surface area (Å²) in [6.07, 6.45) is -10.3. The Kier molecular flexibility index (Phi) is 5.50. The summed E-state index contributed by atoms with van der Waals surface area (Å²) in [5, 5.41) is 6.50. The van der Waals surface area contributed by atoms with Crippen LogP contribution in [-0.4, -0.2) is 24.1 Å². The van der Waals surface area contributed by atoms with E-state index in [1.165, 1.54) is 4.68 Å². The van der Waals surface area contributed by atoms with Crippen molar-refractivity contribution in [2.75, 3.05) is 5.32 Å². The molecule has 13 heteroatoms. The number of hydrogen-bond acceptors (Lipinski definition) is 4. The highest BCUT2D eigenvalue weighted by Gasteiger charge is 2.38. The van der Waals surface area contributed by atoms with Gasteiger partial charge in [-0.05, 0) is 42.8 Å². The fraction of sp³-hybridized carbons (Fsp3) is 0.238. The summed E-state index contributed by atoms with van der Waals surface area (Å²) in [5.41, 5.74) is -2.71. The molecule has 0 radical (unpaired) electrons. The molecule has 2 heterocycles. The van der Waals surface area contributed by atoms with E-state index in [1.807, 2.05) is 0 Å². The Morgan fingerprint density at radius 1 is 0.971 bits per heavy atom. The lowest BCUT2D eigenvalue weighted by Crippen LogP contribution is -2.19. The van der Waals surface area contributed by atoms with Gasteiger partial charge in [-0.15, -0.1) is 0 Å². The van der Waals surface area contributed by atoms with Crippen molar-refractivity contribution in [2.45, 2.75) is 30.8 Å². The number of anilines is 1. The number of halogens is 6. The van der Waals surface area contributed by atoms with Crippen molar-refractivity contribution in [3.05, 3.63) is 76.0 Å². The lowest BCUT2D eigenvalue weighted by atomic mass is 10.0. The minimum absolute atomic E-state index is 0.0853. The van der Waals surface area contributed by atoms with Gasteiger partial charge < -0.3 is 5.32 Å². The molecule has 0 aliphatic carbocycles. The zero-order chi connectivity index (χ0) is 25.1. The Morgan fingerprint density at radius 2 is 1.59 bits per heavy atom. The number of amides is 1. The lowest BCUT2D eigenvalue weighted by molar-refractivity contribution is -0.143. The van der Waals surface area contributed by atoms with Crippen molar-refractivity contribution in [1.29, 1.82) is 0 Å². The van der Waals surface area contributed by atoms with E-state index in [2.05, 4.69) is 10.4 Å². The van der Waals surface area contributed by atoms with Crippen LogP contribution in [0.15, 0.2) is 42.5 Å². The van der Waals surface area contributed by atoms with Crippen LogP contribution in [0, 0.1) is 6.92 Å². The highest BCUT2D eigenvalue weighted by Crippen LogP contribution is 2.37. The van der Waals surface area contributed by atoms with Gasteiger partial charge in [-0.2, -0.15) is 31.4 Å². The first-order valence-electron chi connectivity index (χ1n) is 9.63. The van der Waals surface area contributed by atoms with Crippen LogP contribution in [0.5, 0.6) is 0 Å². The molecule has 6 nitrogen and oxygen atoms in total. The number of nitrogens with zero attached hydrogens (tertiary/aromatic N) is 2. The highest BCUT2D eigenvalue weighted by atomic mass is 32.2. The molecule has 1 aliphatic heterocycles. The van der Waals surface area contributed by atoms with Gasteiger partial charge in [-0.3, -0.25) is 4.79 Å². The SMILES string of the molecule is Cc1cccc(-n2nc3c(c2NC(=O)c2cc(C(F)(F)F)cc(C(F)(F)F)c2)CS(=O)(=O)C3)c1. The number of fused-ring (bicyclic) bond motifs is 1. The molecule has 1 aliphatic rings. The third-order valence-corrected chi connectivity index (χ3v) is 6.56. The minimum Gasteiger partial charge on any atom is -0.306 e. The molecule has 0 saturated carbocycles. The fourth-order valence-corrected chi connectivity index (χ4v) is 5.08. The molecule has 1 aromatic heterocycles. The molecule has 1 amide bonds. The summed E-state index contributed by atoms with van der Waals surface area (Å²) in [7, 11) is -3.57. The standard InChI is InChI=1S/C21H15F6N3O3S/c1-11-3-2-4-15(5-11)30-18(16-9-34(32,33)10-17(16)29-30)28-19(31)12-6-13(20(22,23)24)8-14(7-12)21(25,26)27/h2-8H,9-10H2,1H3,(H,28,31). The first kappa shape index (κ1) is 23.8. The number of carbonyl (C=O) groups is 1. The molecule has 4 rings (SSSR count). The van der Waals surface area contributed by atoms with E-state index >= 15 is 0 Å². The maximum absolute atomic E-state index is 13.2. The maximum atomic E-state index is 13.2. The van der Waals surface area contributed by atoms with Gasteiger partial charge in [0.25, 0.3) is 5.91 Å². The molecule has 34 heavy (non-hydrogen) atoms. The molecular weight excluding hydrogens is 488 g/mol. The second kappa shape index (κ2) is 7.86. The van der Waals surface area contributed by atoms with E-state index in [1.54, 1.807) is 31.2 Å². The summed E-state index contributed by atoms with van der Waals surface area (Å²) in [5.74, 6) is -2.32. The van der Waals surface area contributed by atoms with Gasteiger partial charge in [0.1, 0.15) is 5.82 Å². The molecule has 0 saturated heterocycles. The normalized spacial score (nSPS) is 15.3. The van der Waals surface area contributed by atoms with Crippen molar-refractivity contribution in [3.63, 3.8) is 0 Å². The number of hydrogen-bond donors (Lipinski definition) is 1. The molecule has 0 atom stereocenters. The Morgan fingerprint density at radius 3 is 2.15 bits per heavy atom. The van der Waals surface area contributed by atoms with Crippen LogP contribution in [0.25, 0.3) is 5.69 Å². The molecular formula is C21H15F6N3O3S. The van der Waals surface area contributed by atoms with Crippen LogP contribution in [0.2, 0.25) is 0 Å². The Balaban J connectivity index is 1.81. The number of carbonyl (C=O) groups excluding carboxylic acids is 1. The van der Waals surface area contributed by atoms with Crippen molar-refractivity contribution < 1.29 is 39.6 Å². The van der Waals surface area contributed by atoms with Crippen molar-refractivity contribution in [1.82, 2.24) is 9.78 Å². The van der Waals surface area contributed by atoms with E-state index in [0.29, 0.717) is 17.8 Å². The number of benzene rings is 2. The largest absolute Gasteiger partial charge is 0.416 e. The third-order valence-electron chi connectivity index (χ3n) is 5.12. The van der Waals surface area contributed by atoms with Crippen LogP contribution in [-0.2, 0) is 33.7 Å². The average Bonchev–Trinajstić information content (AvgIpc) is 3.18. The Bertz CT molecular complexity index is 1380. The molecule has 0 bridgehead atoms. The van der Waals surface area contributed by atoms with Crippen LogP contribution in [0.4, 0.5) is 32.2 Å². The van der Waals surface area contributed by atoms with E-state index in [4.69, 9.17) is 0 Å². The van der Waals surface area contributed by atoms with Crippen LogP contribution in [0.3, 0.4) is 0 Å². The summed E-state index contributed by atoms with van der Waals surface area (Å²) in [4.78, 5) is 12.8. The molecule has 3 aromatic rings. The first-order valence-corrected chi connectivity index (χ1v) is 11.5. The van der Waals surface area contributed by atoms with E-state index in [-0.39, 0.29) is 23.1 Å². The van der Waals surface area contributed by atoms with Crippen molar-refractivity contribution in [3.8, 4) is 5.69 Å². The quantitative estimate of drug-likeness (QED) is 0.516. The summed E-state index contributed by atoms with van der Waals surface area (Å²) in [6.45, 7) is 1.77. The second-order valence-electron chi connectivity index (χ2n) is 7.81. The Labute approximate surface area is 189 Å². The van der Waals surface area contributed by atoms with Gasteiger partial charge in [0.05, 0.1) is 34.0 Å². The van der Waals surface area contributed by atoms with E-state index < -0.39 is 56.3 Å².